The second-order valence-corrected chi connectivity index (χ2v) is 5.97. The van der Waals surface area contributed by atoms with Gasteiger partial charge in [-0.1, -0.05) is 6.92 Å². The monoisotopic (exact) mass is 328 g/mol. The number of alkyl halides is 3. The Morgan fingerprint density at radius 3 is 2.96 bits per heavy atom. The molecule has 6 nitrogen and oxygen atoms in total. The highest BCUT2D eigenvalue weighted by molar-refractivity contribution is 5.82. The van der Waals surface area contributed by atoms with Gasteiger partial charge in [0.2, 0.25) is 5.82 Å². The van der Waals surface area contributed by atoms with Gasteiger partial charge in [-0.15, -0.1) is 0 Å². The summed E-state index contributed by atoms with van der Waals surface area (Å²) in [6, 6.07) is 0. The number of aromatic nitrogens is 4. The topological polar surface area (TPSA) is 69.7 Å². The standard InChI is InChI=1S/C14H19F3N6/c1-9-3-2-5-23(7-9)6-4-18-11-10-12(20-8-19-10)22-13(21-11)14(15,16)17/h8-9H,2-7H2,1H3,(H2,18,19,20,21,22)/t9-/m1/s1. The molecular formula is C14H19F3N6. The van der Waals surface area contributed by atoms with E-state index in [2.05, 4.69) is 37.1 Å². The van der Waals surface area contributed by atoms with Crippen molar-refractivity contribution in [3.63, 3.8) is 0 Å². The van der Waals surface area contributed by atoms with E-state index in [1.807, 2.05) is 0 Å². The molecule has 9 heteroatoms. The number of nitrogens with one attached hydrogen (secondary N) is 2. The molecule has 1 aliphatic heterocycles. The summed E-state index contributed by atoms with van der Waals surface area (Å²) in [5.41, 5.74) is 0.409. The first kappa shape index (κ1) is 16.0. The van der Waals surface area contributed by atoms with Gasteiger partial charge in [0.25, 0.3) is 0 Å². The number of hydrogen-bond acceptors (Lipinski definition) is 5. The quantitative estimate of drug-likeness (QED) is 0.902. The van der Waals surface area contributed by atoms with Crippen molar-refractivity contribution < 1.29 is 13.2 Å². The van der Waals surface area contributed by atoms with Crippen LogP contribution in [0.1, 0.15) is 25.6 Å². The molecule has 2 aromatic rings. The summed E-state index contributed by atoms with van der Waals surface area (Å²) in [7, 11) is 0. The number of piperidine rings is 1. The zero-order valence-corrected chi connectivity index (χ0v) is 12.8. The summed E-state index contributed by atoms with van der Waals surface area (Å²) in [6.07, 6.45) is -0.875. The largest absolute Gasteiger partial charge is 0.451 e. The lowest BCUT2D eigenvalue weighted by Crippen LogP contribution is -2.37. The van der Waals surface area contributed by atoms with Crippen molar-refractivity contribution in [3.05, 3.63) is 12.2 Å². The lowest BCUT2D eigenvalue weighted by Gasteiger charge is -2.30. The molecule has 2 N–H and O–H groups in total. The molecule has 0 amide bonds. The average molecular weight is 328 g/mol. The van der Waals surface area contributed by atoms with Crippen molar-refractivity contribution in [2.24, 2.45) is 5.92 Å². The van der Waals surface area contributed by atoms with Gasteiger partial charge in [0.15, 0.2) is 11.5 Å². The predicted octanol–water partition coefficient (Wildman–Crippen LogP) is 2.52. The second kappa shape index (κ2) is 6.31. The number of imidazole rings is 1. The minimum absolute atomic E-state index is 0.0152. The van der Waals surface area contributed by atoms with Crippen LogP contribution in [0.4, 0.5) is 19.0 Å². The summed E-state index contributed by atoms with van der Waals surface area (Å²) in [5, 5.41) is 2.98. The fourth-order valence-electron chi connectivity index (χ4n) is 2.91. The molecule has 1 aliphatic rings. The van der Waals surface area contributed by atoms with Gasteiger partial charge in [0.1, 0.15) is 5.52 Å². The van der Waals surface area contributed by atoms with Crippen LogP contribution in [0.15, 0.2) is 6.33 Å². The Hall–Kier alpha value is -1.90. The molecule has 23 heavy (non-hydrogen) atoms. The van der Waals surface area contributed by atoms with Crippen molar-refractivity contribution >= 4 is 17.0 Å². The normalized spacial score (nSPS) is 20.1. The second-order valence-electron chi connectivity index (χ2n) is 5.97. The van der Waals surface area contributed by atoms with Gasteiger partial charge in [-0.05, 0) is 25.3 Å². The van der Waals surface area contributed by atoms with E-state index >= 15 is 0 Å². The summed E-state index contributed by atoms with van der Waals surface area (Å²) < 4.78 is 38.6. The van der Waals surface area contributed by atoms with Crippen molar-refractivity contribution in [2.75, 3.05) is 31.5 Å². The van der Waals surface area contributed by atoms with Gasteiger partial charge in [-0.3, -0.25) is 0 Å². The zero-order chi connectivity index (χ0) is 16.4. The van der Waals surface area contributed by atoms with Gasteiger partial charge in [-0.2, -0.15) is 13.2 Å². The van der Waals surface area contributed by atoms with E-state index < -0.39 is 12.0 Å². The molecule has 0 spiro atoms. The summed E-state index contributed by atoms with van der Waals surface area (Å²) in [5.74, 6) is -0.366. The first-order valence-electron chi connectivity index (χ1n) is 7.68. The highest BCUT2D eigenvalue weighted by atomic mass is 19.4. The van der Waals surface area contributed by atoms with Gasteiger partial charge in [0.05, 0.1) is 6.33 Å². The van der Waals surface area contributed by atoms with Crippen LogP contribution in [-0.2, 0) is 6.18 Å². The lowest BCUT2D eigenvalue weighted by molar-refractivity contribution is -0.144. The molecule has 0 unspecified atom stereocenters. The van der Waals surface area contributed by atoms with Crippen LogP contribution in [0.5, 0.6) is 0 Å². The lowest BCUT2D eigenvalue weighted by atomic mass is 10.0. The Morgan fingerprint density at radius 1 is 1.39 bits per heavy atom. The maximum Gasteiger partial charge on any atom is 0.451 e. The minimum atomic E-state index is -4.59. The highest BCUT2D eigenvalue weighted by Gasteiger charge is 2.36. The molecular weight excluding hydrogens is 309 g/mol. The molecule has 3 heterocycles. The van der Waals surface area contributed by atoms with Crippen LogP contribution in [0.2, 0.25) is 0 Å². The Balaban J connectivity index is 1.70. The number of nitrogens with zero attached hydrogens (tertiary/aromatic N) is 4. The van der Waals surface area contributed by atoms with Crippen LogP contribution in [0.25, 0.3) is 11.2 Å². The maximum absolute atomic E-state index is 12.9. The zero-order valence-electron chi connectivity index (χ0n) is 12.8. The van der Waals surface area contributed by atoms with Crippen LogP contribution < -0.4 is 5.32 Å². The minimum Gasteiger partial charge on any atom is -0.367 e. The van der Waals surface area contributed by atoms with Crippen LogP contribution in [-0.4, -0.2) is 51.0 Å². The Kier molecular flexibility index (Phi) is 4.38. The Bertz CT molecular complexity index is 668. The third kappa shape index (κ3) is 3.72. The molecule has 1 fully saturated rings. The first-order chi connectivity index (χ1) is 10.9. The van der Waals surface area contributed by atoms with Crippen molar-refractivity contribution in [1.29, 1.82) is 0 Å². The van der Waals surface area contributed by atoms with Crippen molar-refractivity contribution in [2.45, 2.75) is 25.9 Å². The number of H-pyrrole nitrogens is 1. The Labute approximate surface area is 131 Å². The van der Waals surface area contributed by atoms with E-state index in [0.717, 1.165) is 26.1 Å². The number of fused-ring (bicyclic) bond motifs is 1. The average Bonchev–Trinajstić information content (AvgIpc) is 2.95. The van der Waals surface area contributed by atoms with Gasteiger partial charge in [-0.25, -0.2) is 15.0 Å². The number of anilines is 1. The molecule has 1 atom stereocenters. The van der Waals surface area contributed by atoms with Gasteiger partial charge < -0.3 is 15.2 Å². The Morgan fingerprint density at radius 2 is 2.22 bits per heavy atom. The van der Waals surface area contributed by atoms with Crippen LogP contribution in [0.3, 0.4) is 0 Å². The van der Waals surface area contributed by atoms with E-state index in [0.29, 0.717) is 18.0 Å². The summed E-state index contributed by atoms with van der Waals surface area (Å²) in [6.45, 7) is 5.57. The summed E-state index contributed by atoms with van der Waals surface area (Å²) in [4.78, 5) is 16.0. The van der Waals surface area contributed by atoms with E-state index in [4.69, 9.17) is 0 Å². The van der Waals surface area contributed by atoms with Crippen LogP contribution in [0, 0.1) is 5.92 Å². The molecule has 0 aromatic carbocycles. The number of likely N-dealkylation sites (tertiary alicyclic amines) is 1. The predicted molar refractivity (Wildman–Crippen MR) is 80.0 cm³/mol. The van der Waals surface area contributed by atoms with Gasteiger partial charge >= 0.3 is 6.18 Å². The molecule has 3 rings (SSSR count). The fraction of sp³-hybridized carbons (Fsp3) is 0.643. The van der Waals surface area contributed by atoms with Crippen molar-refractivity contribution in [1.82, 2.24) is 24.8 Å². The van der Waals surface area contributed by atoms with E-state index in [1.54, 1.807) is 0 Å². The van der Waals surface area contributed by atoms with E-state index in [-0.39, 0.29) is 11.5 Å². The third-order valence-electron chi connectivity index (χ3n) is 4.00. The number of rotatable bonds is 4. The van der Waals surface area contributed by atoms with E-state index in [9.17, 15) is 13.2 Å². The number of halogens is 3. The maximum atomic E-state index is 12.9. The molecule has 2 aromatic heterocycles. The smallest absolute Gasteiger partial charge is 0.367 e. The van der Waals surface area contributed by atoms with Gasteiger partial charge in [0, 0.05) is 19.6 Å². The first-order valence-corrected chi connectivity index (χ1v) is 7.68. The molecule has 0 aliphatic carbocycles. The molecule has 0 saturated carbocycles. The molecule has 0 bridgehead atoms. The summed E-state index contributed by atoms with van der Waals surface area (Å²) >= 11 is 0. The molecule has 126 valence electrons. The van der Waals surface area contributed by atoms with E-state index in [1.165, 1.54) is 12.7 Å². The third-order valence-corrected chi connectivity index (χ3v) is 4.00. The molecule has 0 radical (unpaired) electrons. The fourth-order valence-corrected chi connectivity index (χ4v) is 2.91. The SMILES string of the molecule is C[C@@H]1CCCN(CCNc2nc(C(F)(F)F)nc3nc[nH]c23)C1. The number of aromatic amines is 1. The number of hydrogen-bond donors (Lipinski definition) is 2. The molecule has 1 saturated heterocycles. The van der Waals surface area contributed by atoms with Crippen molar-refractivity contribution in [3.8, 4) is 0 Å². The highest BCUT2D eigenvalue weighted by Crippen LogP contribution is 2.29. The van der Waals surface area contributed by atoms with Crippen LogP contribution >= 0.6 is 0 Å².